The van der Waals surface area contributed by atoms with Gasteiger partial charge in [-0.1, -0.05) is 18.6 Å². The van der Waals surface area contributed by atoms with Crippen LogP contribution in [0.15, 0.2) is 24.3 Å². The quantitative estimate of drug-likeness (QED) is 0.677. The zero-order chi connectivity index (χ0) is 10.4. The van der Waals surface area contributed by atoms with Gasteiger partial charge in [-0.2, -0.15) is 0 Å². The van der Waals surface area contributed by atoms with Crippen LogP contribution in [0.3, 0.4) is 0 Å². The van der Waals surface area contributed by atoms with E-state index in [4.69, 9.17) is 0 Å². The first-order valence-electron chi connectivity index (χ1n) is 5.58. The monoisotopic (exact) mass is 204 g/mol. The highest BCUT2D eigenvalue weighted by molar-refractivity contribution is 6.00. The molecule has 0 bridgehead atoms. The van der Waals surface area contributed by atoms with Crippen LogP contribution in [0.2, 0.25) is 0 Å². The fraction of sp³-hybridized carbons (Fsp3) is 0.462. The van der Waals surface area contributed by atoms with E-state index in [0.717, 1.165) is 12.8 Å². The molecule has 0 heterocycles. The van der Waals surface area contributed by atoms with Crippen LogP contribution in [0.4, 0.5) is 4.39 Å². The molecule has 1 aromatic rings. The first-order chi connectivity index (χ1) is 7.29. The number of benzene rings is 1. The summed E-state index contributed by atoms with van der Waals surface area (Å²) >= 11 is 0. The Labute approximate surface area is 88.3 Å². The van der Waals surface area contributed by atoms with Gasteiger partial charge in [0.2, 0.25) is 0 Å². The Bertz CT molecular complexity index is 403. The zero-order valence-corrected chi connectivity index (χ0v) is 8.45. The number of carbonyl (C=O) groups is 1. The summed E-state index contributed by atoms with van der Waals surface area (Å²) in [4.78, 5) is 12.0. The molecule has 15 heavy (non-hydrogen) atoms. The van der Waals surface area contributed by atoms with Crippen molar-refractivity contribution in [1.29, 1.82) is 0 Å². The lowest BCUT2D eigenvalue weighted by Gasteiger charge is -2.03. The Kier molecular flexibility index (Phi) is 1.91. The fourth-order valence-electron chi connectivity index (χ4n) is 3.05. The van der Waals surface area contributed by atoms with E-state index in [1.165, 1.54) is 12.5 Å². The molecule has 2 heteroatoms. The second kappa shape index (κ2) is 3.16. The van der Waals surface area contributed by atoms with Crippen LogP contribution in [0.5, 0.6) is 0 Å². The molecule has 1 aromatic carbocycles. The summed E-state index contributed by atoms with van der Waals surface area (Å²) in [5.41, 5.74) is 0.289. The molecule has 0 saturated heterocycles. The smallest absolute Gasteiger partial charge is 0.169 e. The predicted molar refractivity (Wildman–Crippen MR) is 55.1 cm³/mol. The molecule has 0 N–H and O–H groups in total. The number of halogens is 1. The molecule has 1 nitrogen and oxygen atoms in total. The summed E-state index contributed by atoms with van der Waals surface area (Å²) in [5.74, 6) is 0.931. The molecule has 2 aliphatic rings. The minimum atomic E-state index is -0.368. The van der Waals surface area contributed by atoms with Gasteiger partial charge >= 0.3 is 0 Å². The molecule has 2 aliphatic carbocycles. The van der Waals surface area contributed by atoms with Gasteiger partial charge in [0.25, 0.3) is 0 Å². The highest BCUT2D eigenvalue weighted by atomic mass is 19.1. The third kappa shape index (κ3) is 1.31. The maximum Gasteiger partial charge on any atom is 0.169 e. The third-order valence-corrected chi connectivity index (χ3v) is 3.85. The van der Waals surface area contributed by atoms with Crippen LogP contribution < -0.4 is 0 Å². The van der Waals surface area contributed by atoms with Gasteiger partial charge in [0.1, 0.15) is 5.82 Å². The minimum absolute atomic E-state index is 0.0304. The van der Waals surface area contributed by atoms with Crippen molar-refractivity contribution in [2.24, 2.45) is 17.8 Å². The summed E-state index contributed by atoms with van der Waals surface area (Å²) in [6.07, 6.45) is 3.57. The average molecular weight is 204 g/mol. The van der Waals surface area contributed by atoms with Gasteiger partial charge in [-0.15, -0.1) is 0 Å². The standard InChI is InChI=1S/C13H13FO/c14-11-7-2-1-4-10(11)13(15)12-8-5-3-6-9(8)12/h1-2,4,7-9,12H,3,5-6H2. The Hall–Kier alpha value is -1.18. The molecule has 0 aromatic heterocycles. The fourth-order valence-corrected chi connectivity index (χ4v) is 3.05. The number of carbonyl (C=O) groups excluding carboxylic acids is 1. The molecular weight excluding hydrogens is 191 g/mol. The molecule has 2 fully saturated rings. The molecule has 0 radical (unpaired) electrons. The van der Waals surface area contributed by atoms with Crippen LogP contribution in [0, 0.1) is 23.6 Å². The lowest BCUT2D eigenvalue weighted by Crippen LogP contribution is -2.08. The number of ketones is 1. The molecule has 2 unspecified atom stereocenters. The maximum absolute atomic E-state index is 13.4. The highest BCUT2D eigenvalue weighted by Crippen LogP contribution is 2.58. The summed E-state index contributed by atoms with van der Waals surface area (Å²) in [5, 5.41) is 0. The van der Waals surface area contributed by atoms with Crippen molar-refractivity contribution in [3.8, 4) is 0 Å². The maximum atomic E-state index is 13.4. The molecular formula is C13H13FO. The van der Waals surface area contributed by atoms with Crippen molar-refractivity contribution < 1.29 is 9.18 Å². The van der Waals surface area contributed by atoms with Gasteiger partial charge in [-0.3, -0.25) is 4.79 Å². The van der Waals surface area contributed by atoms with Gasteiger partial charge in [0.05, 0.1) is 5.56 Å². The van der Waals surface area contributed by atoms with Gasteiger partial charge < -0.3 is 0 Å². The highest BCUT2D eigenvalue weighted by Gasteiger charge is 2.56. The van der Waals surface area contributed by atoms with Crippen LogP contribution in [0.25, 0.3) is 0 Å². The van der Waals surface area contributed by atoms with Crippen molar-refractivity contribution in [3.05, 3.63) is 35.6 Å². The second-order valence-electron chi connectivity index (χ2n) is 4.63. The molecule has 3 rings (SSSR count). The number of Topliss-reactive ketones (excluding diaryl/α,β-unsaturated/α-hetero) is 1. The van der Waals surface area contributed by atoms with E-state index >= 15 is 0 Å². The normalized spacial score (nSPS) is 32.5. The minimum Gasteiger partial charge on any atom is -0.294 e. The number of hydrogen-bond acceptors (Lipinski definition) is 1. The Morgan fingerprint density at radius 2 is 1.87 bits per heavy atom. The SMILES string of the molecule is O=C(c1ccccc1F)C1C2CCCC21. The van der Waals surface area contributed by atoms with Crippen molar-refractivity contribution in [3.63, 3.8) is 0 Å². The summed E-state index contributed by atoms with van der Waals surface area (Å²) < 4.78 is 13.4. The molecule has 2 saturated carbocycles. The van der Waals surface area contributed by atoms with Gasteiger partial charge in [0.15, 0.2) is 5.78 Å². The van der Waals surface area contributed by atoms with E-state index < -0.39 is 0 Å². The van der Waals surface area contributed by atoms with Crippen LogP contribution in [-0.2, 0) is 0 Å². The largest absolute Gasteiger partial charge is 0.294 e. The Balaban J connectivity index is 1.84. The van der Waals surface area contributed by atoms with Gasteiger partial charge in [0, 0.05) is 5.92 Å². The van der Waals surface area contributed by atoms with Crippen LogP contribution in [0.1, 0.15) is 29.6 Å². The van der Waals surface area contributed by atoms with E-state index in [9.17, 15) is 9.18 Å². The first kappa shape index (κ1) is 9.08. The van der Waals surface area contributed by atoms with E-state index in [1.807, 2.05) is 0 Å². The Morgan fingerprint density at radius 1 is 1.20 bits per heavy atom. The van der Waals surface area contributed by atoms with Gasteiger partial charge in [-0.05, 0) is 36.8 Å². The topological polar surface area (TPSA) is 17.1 Å². The van der Waals surface area contributed by atoms with Gasteiger partial charge in [-0.25, -0.2) is 4.39 Å². The molecule has 0 aliphatic heterocycles. The van der Waals surface area contributed by atoms with E-state index in [2.05, 4.69) is 0 Å². The Morgan fingerprint density at radius 3 is 2.53 bits per heavy atom. The lowest BCUT2D eigenvalue weighted by atomic mass is 10.0. The molecule has 2 atom stereocenters. The van der Waals surface area contributed by atoms with Crippen LogP contribution in [-0.4, -0.2) is 5.78 Å². The molecule has 0 spiro atoms. The van der Waals surface area contributed by atoms with Crippen molar-refractivity contribution in [2.45, 2.75) is 19.3 Å². The summed E-state index contributed by atoms with van der Waals surface area (Å²) in [6, 6.07) is 6.32. The number of hydrogen-bond donors (Lipinski definition) is 0. The van der Waals surface area contributed by atoms with E-state index in [1.54, 1.807) is 18.2 Å². The molecule has 0 amide bonds. The third-order valence-electron chi connectivity index (χ3n) is 3.85. The van der Waals surface area contributed by atoms with Crippen molar-refractivity contribution >= 4 is 5.78 Å². The summed E-state index contributed by atoms with van der Waals surface area (Å²) in [6.45, 7) is 0. The summed E-state index contributed by atoms with van der Waals surface area (Å²) in [7, 11) is 0. The molecule has 78 valence electrons. The van der Waals surface area contributed by atoms with E-state index in [-0.39, 0.29) is 23.1 Å². The van der Waals surface area contributed by atoms with Crippen molar-refractivity contribution in [2.75, 3.05) is 0 Å². The first-order valence-corrected chi connectivity index (χ1v) is 5.58. The second-order valence-corrected chi connectivity index (χ2v) is 4.63. The average Bonchev–Trinajstić information content (AvgIpc) is 2.72. The van der Waals surface area contributed by atoms with E-state index in [0.29, 0.717) is 11.8 Å². The predicted octanol–water partition coefficient (Wildman–Crippen LogP) is 3.05. The zero-order valence-electron chi connectivity index (χ0n) is 8.45. The lowest BCUT2D eigenvalue weighted by molar-refractivity contribution is 0.0947. The number of rotatable bonds is 2. The number of fused-ring (bicyclic) bond motifs is 1. The van der Waals surface area contributed by atoms with Crippen LogP contribution >= 0.6 is 0 Å². The van der Waals surface area contributed by atoms with Crippen molar-refractivity contribution in [1.82, 2.24) is 0 Å².